The maximum atomic E-state index is 12.2. The summed E-state index contributed by atoms with van der Waals surface area (Å²) in [5.41, 5.74) is 2.78. The number of amides is 1. The Hall–Kier alpha value is -1.51. The van der Waals surface area contributed by atoms with Gasteiger partial charge < -0.3 is 10.2 Å². The Kier molecular flexibility index (Phi) is 4.47. The van der Waals surface area contributed by atoms with Crippen molar-refractivity contribution in [2.45, 2.75) is 51.5 Å². The highest BCUT2D eigenvalue weighted by Crippen LogP contribution is 2.29. The number of para-hydroxylation sites is 1. The minimum absolute atomic E-state index is 0.261. The summed E-state index contributed by atoms with van der Waals surface area (Å²) < 4.78 is 0. The highest BCUT2D eigenvalue weighted by Gasteiger charge is 2.25. The van der Waals surface area contributed by atoms with Crippen LogP contribution in [0.5, 0.6) is 0 Å². The molecule has 1 fully saturated rings. The Morgan fingerprint density at radius 3 is 2.86 bits per heavy atom. The molecule has 1 aliphatic heterocycles. The second-order valence-electron chi connectivity index (χ2n) is 6.50. The Bertz CT molecular complexity index is 494. The lowest BCUT2D eigenvalue weighted by Gasteiger charge is -2.28. The van der Waals surface area contributed by atoms with Gasteiger partial charge in [0.05, 0.1) is 0 Å². The first-order valence-electron chi connectivity index (χ1n) is 8.38. The van der Waals surface area contributed by atoms with Crippen molar-refractivity contribution in [3.8, 4) is 0 Å². The van der Waals surface area contributed by atoms with Gasteiger partial charge in [-0.05, 0) is 37.8 Å². The van der Waals surface area contributed by atoms with E-state index in [4.69, 9.17) is 0 Å². The number of nitrogens with one attached hydrogen (secondary N) is 1. The lowest BCUT2D eigenvalue weighted by Crippen LogP contribution is -2.43. The average Bonchev–Trinajstić information content (AvgIpc) is 2.97. The van der Waals surface area contributed by atoms with Gasteiger partial charge in [0.25, 0.3) is 0 Å². The molecule has 1 aromatic rings. The summed E-state index contributed by atoms with van der Waals surface area (Å²) in [4.78, 5) is 14.7. The molecule has 0 bridgehead atoms. The Morgan fingerprint density at radius 2 is 2.05 bits per heavy atom. The molecule has 0 spiro atoms. The van der Waals surface area contributed by atoms with E-state index in [0.717, 1.165) is 32.4 Å². The van der Waals surface area contributed by atoms with Crippen molar-refractivity contribution in [2.75, 3.05) is 18.0 Å². The summed E-state index contributed by atoms with van der Waals surface area (Å²) >= 11 is 0. The summed E-state index contributed by atoms with van der Waals surface area (Å²) in [6, 6.07) is 8.98. The lowest BCUT2D eigenvalue weighted by atomic mass is 9.88. The molecule has 0 saturated heterocycles. The van der Waals surface area contributed by atoms with Crippen LogP contribution in [0.15, 0.2) is 24.3 Å². The van der Waals surface area contributed by atoms with Gasteiger partial charge in [0.15, 0.2) is 0 Å². The first-order valence-corrected chi connectivity index (χ1v) is 8.38. The smallest absolute Gasteiger partial charge is 0.223 e. The standard InChI is InChI=1S/C18H26N2O/c1-14(13-19-18(21)16-8-3-2-4-9-16)20-12-11-15-7-5-6-10-17(15)20/h5-7,10,14,16H,2-4,8-9,11-13H2,1H3,(H,19,21)/t14-/m0/s1. The first kappa shape index (κ1) is 14.4. The second-order valence-corrected chi connectivity index (χ2v) is 6.50. The van der Waals surface area contributed by atoms with Crippen LogP contribution in [0.4, 0.5) is 5.69 Å². The van der Waals surface area contributed by atoms with Gasteiger partial charge >= 0.3 is 0 Å². The third-order valence-electron chi connectivity index (χ3n) is 5.00. The fourth-order valence-electron chi connectivity index (χ4n) is 3.69. The van der Waals surface area contributed by atoms with Crippen LogP contribution in [0.3, 0.4) is 0 Å². The van der Waals surface area contributed by atoms with E-state index >= 15 is 0 Å². The Morgan fingerprint density at radius 1 is 1.29 bits per heavy atom. The molecule has 0 unspecified atom stereocenters. The minimum atomic E-state index is 0.261. The number of fused-ring (bicyclic) bond motifs is 1. The summed E-state index contributed by atoms with van der Waals surface area (Å²) in [5.74, 6) is 0.533. The van der Waals surface area contributed by atoms with E-state index < -0.39 is 0 Å². The molecule has 21 heavy (non-hydrogen) atoms. The normalized spacial score (nSPS) is 20.1. The maximum absolute atomic E-state index is 12.2. The summed E-state index contributed by atoms with van der Waals surface area (Å²) in [7, 11) is 0. The molecule has 1 heterocycles. The van der Waals surface area contributed by atoms with E-state index in [0.29, 0.717) is 6.04 Å². The summed E-state index contributed by atoms with van der Waals surface area (Å²) in [5, 5.41) is 3.18. The third kappa shape index (κ3) is 3.22. The topological polar surface area (TPSA) is 32.3 Å². The van der Waals surface area contributed by atoms with Crippen LogP contribution in [0.25, 0.3) is 0 Å². The number of hydrogen-bond donors (Lipinski definition) is 1. The van der Waals surface area contributed by atoms with E-state index in [1.165, 1.54) is 30.5 Å². The molecule has 3 rings (SSSR count). The van der Waals surface area contributed by atoms with Gasteiger partial charge in [-0.1, -0.05) is 37.5 Å². The molecule has 2 aliphatic rings. The van der Waals surface area contributed by atoms with Crippen LogP contribution in [0.2, 0.25) is 0 Å². The van der Waals surface area contributed by atoms with E-state index in [2.05, 4.69) is 41.4 Å². The van der Waals surface area contributed by atoms with Gasteiger partial charge in [-0.25, -0.2) is 0 Å². The van der Waals surface area contributed by atoms with Crippen LogP contribution in [-0.4, -0.2) is 25.0 Å². The predicted molar refractivity (Wildman–Crippen MR) is 86.5 cm³/mol. The molecule has 1 N–H and O–H groups in total. The molecule has 0 radical (unpaired) electrons. The molecule has 1 saturated carbocycles. The van der Waals surface area contributed by atoms with Gasteiger partial charge in [0.1, 0.15) is 0 Å². The van der Waals surface area contributed by atoms with Crippen molar-refractivity contribution >= 4 is 11.6 Å². The second kappa shape index (κ2) is 6.50. The molecular weight excluding hydrogens is 260 g/mol. The zero-order chi connectivity index (χ0) is 14.7. The minimum Gasteiger partial charge on any atom is -0.366 e. The number of carbonyl (C=O) groups is 1. The first-order chi connectivity index (χ1) is 10.3. The Balaban J connectivity index is 1.53. The molecule has 3 heteroatoms. The molecule has 3 nitrogen and oxygen atoms in total. The van der Waals surface area contributed by atoms with E-state index in [1.807, 2.05) is 0 Å². The van der Waals surface area contributed by atoms with Gasteiger partial charge in [-0.2, -0.15) is 0 Å². The highest BCUT2D eigenvalue weighted by molar-refractivity contribution is 5.78. The van der Waals surface area contributed by atoms with Crippen molar-refractivity contribution in [2.24, 2.45) is 5.92 Å². The zero-order valence-corrected chi connectivity index (χ0v) is 13.0. The SMILES string of the molecule is C[C@@H](CNC(=O)C1CCCCC1)N1CCc2ccccc21. The van der Waals surface area contributed by atoms with Crippen molar-refractivity contribution < 1.29 is 4.79 Å². The monoisotopic (exact) mass is 286 g/mol. The van der Waals surface area contributed by atoms with Crippen molar-refractivity contribution in [1.82, 2.24) is 5.32 Å². The molecule has 1 aliphatic carbocycles. The number of carbonyl (C=O) groups excluding carboxylic acids is 1. The molecule has 114 valence electrons. The van der Waals surface area contributed by atoms with Crippen LogP contribution in [-0.2, 0) is 11.2 Å². The van der Waals surface area contributed by atoms with Crippen molar-refractivity contribution in [3.63, 3.8) is 0 Å². The summed E-state index contributed by atoms with van der Waals surface area (Å²) in [6.07, 6.45) is 7.00. The molecular formula is C18H26N2O. The van der Waals surface area contributed by atoms with Crippen molar-refractivity contribution in [3.05, 3.63) is 29.8 Å². The Labute approximate surface area is 127 Å². The number of nitrogens with zero attached hydrogens (tertiary/aromatic N) is 1. The maximum Gasteiger partial charge on any atom is 0.223 e. The molecule has 0 aromatic heterocycles. The fourth-order valence-corrected chi connectivity index (χ4v) is 3.69. The van der Waals surface area contributed by atoms with Gasteiger partial charge in [-0.3, -0.25) is 4.79 Å². The summed E-state index contributed by atoms with van der Waals surface area (Å²) in [6.45, 7) is 4.03. The van der Waals surface area contributed by atoms with Gasteiger partial charge in [0.2, 0.25) is 5.91 Å². The van der Waals surface area contributed by atoms with Crippen LogP contribution < -0.4 is 10.2 Å². The fraction of sp³-hybridized carbons (Fsp3) is 0.611. The van der Waals surface area contributed by atoms with Crippen LogP contribution in [0, 0.1) is 5.92 Å². The van der Waals surface area contributed by atoms with Crippen molar-refractivity contribution in [1.29, 1.82) is 0 Å². The molecule has 1 atom stereocenters. The largest absolute Gasteiger partial charge is 0.366 e. The number of hydrogen-bond acceptors (Lipinski definition) is 2. The third-order valence-corrected chi connectivity index (χ3v) is 5.00. The zero-order valence-electron chi connectivity index (χ0n) is 13.0. The van der Waals surface area contributed by atoms with Crippen LogP contribution >= 0.6 is 0 Å². The van der Waals surface area contributed by atoms with Gasteiger partial charge in [0, 0.05) is 30.7 Å². The highest BCUT2D eigenvalue weighted by atomic mass is 16.1. The van der Waals surface area contributed by atoms with Gasteiger partial charge in [-0.15, -0.1) is 0 Å². The molecule has 1 aromatic carbocycles. The number of anilines is 1. The quantitative estimate of drug-likeness (QED) is 0.922. The van der Waals surface area contributed by atoms with Crippen LogP contribution in [0.1, 0.15) is 44.6 Å². The number of benzene rings is 1. The lowest BCUT2D eigenvalue weighted by molar-refractivity contribution is -0.125. The average molecular weight is 286 g/mol. The predicted octanol–water partition coefficient (Wildman–Crippen LogP) is 3.13. The van der Waals surface area contributed by atoms with E-state index in [-0.39, 0.29) is 11.8 Å². The molecule has 1 amide bonds. The van der Waals surface area contributed by atoms with E-state index in [9.17, 15) is 4.79 Å². The number of rotatable bonds is 4. The van der Waals surface area contributed by atoms with E-state index in [1.54, 1.807) is 0 Å².